The standard InChI is InChI=1S/C19H21N5O3/c1-22-12-20-16-15(22)17(26)24(18(27)23(16)2)11-14(25)21-19(9-6-10-19)13-7-4-3-5-8-13/h3-5,7-8,12H,6,9-11H2,1-2H3,(H,21,25). The van der Waals surface area contributed by atoms with Gasteiger partial charge in [0.15, 0.2) is 11.2 Å². The molecule has 1 aliphatic carbocycles. The lowest BCUT2D eigenvalue weighted by atomic mass is 9.72. The molecule has 0 saturated heterocycles. The van der Waals surface area contributed by atoms with Crippen molar-refractivity contribution in [2.45, 2.75) is 31.3 Å². The number of nitrogens with zero attached hydrogens (tertiary/aromatic N) is 4. The fraction of sp³-hybridized carbons (Fsp3) is 0.368. The summed E-state index contributed by atoms with van der Waals surface area (Å²) in [5.41, 5.74) is 0.181. The van der Waals surface area contributed by atoms with Crippen LogP contribution in [-0.2, 0) is 31.0 Å². The maximum absolute atomic E-state index is 12.7. The van der Waals surface area contributed by atoms with E-state index in [1.807, 2.05) is 30.3 Å². The van der Waals surface area contributed by atoms with Crippen molar-refractivity contribution in [3.63, 3.8) is 0 Å². The second kappa shape index (κ2) is 6.22. The highest BCUT2D eigenvalue weighted by atomic mass is 16.2. The molecule has 0 unspecified atom stereocenters. The van der Waals surface area contributed by atoms with Crippen molar-refractivity contribution < 1.29 is 4.79 Å². The van der Waals surface area contributed by atoms with Crippen LogP contribution >= 0.6 is 0 Å². The van der Waals surface area contributed by atoms with E-state index in [0.29, 0.717) is 11.2 Å². The first-order chi connectivity index (χ1) is 12.9. The van der Waals surface area contributed by atoms with Gasteiger partial charge in [0, 0.05) is 14.1 Å². The van der Waals surface area contributed by atoms with Crippen LogP contribution in [0.25, 0.3) is 11.2 Å². The van der Waals surface area contributed by atoms with Gasteiger partial charge in [0.2, 0.25) is 5.91 Å². The molecule has 1 amide bonds. The highest BCUT2D eigenvalue weighted by Crippen LogP contribution is 2.41. The van der Waals surface area contributed by atoms with E-state index >= 15 is 0 Å². The van der Waals surface area contributed by atoms with E-state index in [2.05, 4.69) is 10.3 Å². The van der Waals surface area contributed by atoms with Gasteiger partial charge in [-0.25, -0.2) is 14.3 Å². The zero-order valence-corrected chi connectivity index (χ0v) is 15.3. The summed E-state index contributed by atoms with van der Waals surface area (Å²) in [4.78, 5) is 42.1. The molecule has 2 heterocycles. The van der Waals surface area contributed by atoms with Crippen LogP contribution < -0.4 is 16.6 Å². The summed E-state index contributed by atoms with van der Waals surface area (Å²) in [6, 6.07) is 9.80. The molecule has 1 aliphatic rings. The Morgan fingerprint density at radius 2 is 1.89 bits per heavy atom. The van der Waals surface area contributed by atoms with Crippen molar-refractivity contribution in [3.8, 4) is 0 Å². The maximum Gasteiger partial charge on any atom is 0.332 e. The second-order valence-electron chi connectivity index (χ2n) is 7.11. The van der Waals surface area contributed by atoms with Crippen molar-refractivity contribution in [3.05, 3.63) is 63.1 Å². The van der Waals surface area contributed by atoms with E-state index in [1.54, 1.807) is 18.7 Å². The summed E-state index contributed by atoms with van der Waals surface area (Å²) in [6.45, 7) is -0.318. The van der Waals surface area contributed by atoms with Crippen molar-refractivity contribution in [2.75, 3.05) is 0 Å². The Kier molecular flexibility index (Phi) is 3.98. The maximum atomic E-state index is 12.7. The minimum absolute atomic E-state index is 0.298. The van der Waals surface area contributed by atoms with E-state index < -0.39 is 16.8 Å². The number of aryl methyl sites for hydroxylation is 2. The van der Waals surface area contributed by atoms with Crippen LogP contribution in [0.4, 0.5) is 0 Å². The fourth-order valence-electron chi connectivity index (χ4n) is 3.76. The number of fused-ring (bicyclic) bond motifs is 1. The lowest BCUT2D eigenvalue weighted by Crippen LogP contribution is -2.53. The Morgan fingerprint density at radius 3 is 2.52 bits per heavy atom. The molecule has 0 spiro atoms. The first-order valence-corrected chi connectivity index (χ1v) is 8.90. The largest absolute Gasteiger partial charge is 0.345 e. The highest BCUT2D eigenvalue weighted by molar-refractivity contribution is 5.78. The zero-order chi connectivity index (χ0) is 19.2. The molecule has 8 heteroatoms. The Balaban J connectivity index is 1.67. The number of nitrogens with one attached hydrogen (secondary N) is 1. The predicted octanol–water partition coefficient (Wildman–Crippen LogP) is 0.629. The fourth-order valence-corrected chi connectivity index (χ4v) is 3.76. The van der Waals surface area contributed by atoms with E-state index in [1.165, 1.54) is 10.9 Å². The van der Waals surface area contributed by atoms with Crippen molar-refractivity contribution >= 4 is 17.1 Å². The first kappa shape index (κ1) is 17.3. The minimum Gasteiger partial charge on any atom is -0.345 e. The number of amides is 1. The third-order valence-corrected chi connectivity index (χ3v) is 5.41. The van der Waals surface area contributed by atoms with Crippen LogP contribution in [0.2, 0.25) is 0 Å². The third-order valence-electron chi connectivity index (χ3n) is 5.41. The molecule has 2 aromatic heterocycles. The molecular weight excluding hydrogens is 346 g/mol. The zero-order valence-electron chi connectivity index (χ0n) is 15.3. The topological polar surface area (TPSA) is 90.9 Å². The molecule has 1 N–H and O–H groups in total. The Hall–Kier alpha value is -3.16. The number of rotatable bonds is 4. The molecular formula is C19H21N5O3. The van der Waals surface area contributed by atoms with E-state index in [0.717, 1.165) is 29.4 Å². The van der Waals surface area contributed by atoms with Crippen LogP contribution in [0.3, 0.4) is 0 Å². The van der Waals surface area contributed by atoms with Gasteiger partial charge in [-0.15, -0.1) is 0 Å². The summed E-state index contributed by atoms with van der Waals surface area (Å²) in [7, 11) is 3.23. The van der Waals surface area contributed by atoms with Crippen molar-refractivity contribution in [1.82, 2.24) is 24.0 Å². The summed E-state index contributed by atoms with van der Waals surface area (Å²) < 4.78 is 3.82. The van der Waals surface area contributed by atoms with Crippen LogP contribution in [0, 0.1) is 0 Å². The number of hydrogen-bond acceptors (Lipinski definition) is 4. The lowest BCUT2D eigenvalue weighted by molar-refractivity contribution is -0.125. The summed E-state index contributed by atoms with van der Waals surface area (Å²) >= 11 is 0. The van der Waals surface area contributed by atoms with Crippen LogP contribution in [0.15, 0.2) is 46.2 Å². The average Bonchev–Trinajstić information content (AvgIpc) is 3.02. The highest BCUT2D eigenvalue weighted by Gasteiger charge is 2.40. The molecule has 0 radical (unpaired) electrons. The molecule has 0 atom stereocenters. The molecule has 0 aliphatic heterocycles. The quantitative estimate of drug-likeness (QED) is 0.732. The number of carbonyl (C=O) groups excluding carboxylic acids is 1. The summed E-state index contributed by atoms with van der Waals surface area (Å²) in [5.74, 6) is -0.348. The molecule has 1 aromatic carbocycles. The second-order valence-corrected chi connectivity index (χ2v) is 7.11. The van der Waals surface area contributed by atoms with Gasteiger partial charge in [-0.05, 0) is 24.8 Å². The Morgan fingerprint density at radius 1 is 1.19 bits per heavy atom. The van der Waals surface area contributed by atoms with Gasteiger partial charge in [-0.1, -0.05) is 30.3 Å². The van der Waals surface area contributed by atoms with Gasteiger partial charge in [-0.2, -0.15) is 0 Å². The van der Waals surface area contributed by atoms with Gasteiger partial charge in [-0.3, -0.25) is 14.2 Å². The summed E-state index contributed by atoms with van der Waals surface area (Å²) in [5, 5.41) is 3.06. The minimum atomic E-state index is -0.552. The molecule has 8 nitrogen and oxygen atoms in total. The van der Waals surface area contributed by atoms with Gasteiger partial charge in [0.05, 0.1) is 11.9 Å². The average molecular weight is 367 g/mol. The summed E-state index contributed by atoms with van der Waals surface area (Å²) in [6.07, 6.45) is 4.19. The number of aromatic nitrogens is 4. The number of imidazole rings is 1. The molecule has 1 saturated carbocycles. The molecule has 4 rings (SSSR count). The SMILES string of the molecule is Cn1cnc2c1c(=O)n(CC(=O)NC1(c3ccccc3)CCC1)c(=O)n2C. The molecule has 27 heavy (non-hydrogen) atoms. The molecule has 1 fully saturated rings. The van der Waals surface area contributed by atoms with E-state index in [4.69, 9.17) is 0 Å². The third kappa shape index (κ3) is 2.68. The van der Waals surface area contributed by atoms with Gasteiger partial charge in [0.25, 0.3) is 5.56 Å². The first-order valence-electron chi connectivity index (χ1n) is 8.90. The Bertz CT molecular complexity index is 1140. The van der Waals surface area contributed by atoms with E-state index in [-0.39, 0.29) is 12.5 Å². The van der Waals surface area contributed by atoms with E-state index in [9.17, 15) is 14.4 Å². The van der Waals surface area contributed by atoms with Crippen LogP contribution in [0.1, 0.15) is 24.8 Å². The van der Waals surface area contributed by atoms with Crippen LogP contribution in [-0.4, -0.2) is 24.6 Å². The van der Waals surface area contributed by atoms with Crippen molar-refractivity contribution in [1.29, 1.82) is 0 Å². The molecule has 3 aromatic rings. The van der Waals surface area contributed by atoms with Gasteiger partial charge >= 0.3 is 5.69 Å². The predicted molar refractivity (Wildman–Crippen MR) is 100 cm³/mol. The van der Waals surface area contributed by atoms with Crippen LogP contribution in [0.5, 0.6) is 0 Å². The lowest BCUT2D eigenvalue weighted by Gasteiger charge is -2.43. The molecule has 0 bridgehead atoms. The molecule has 140 valence electrons. The monoisotopic (exact) mass is 367 g/mol. The van der Waals surface area contributed by atoms with Gasteiger partial charge < -0.3 is 9.88 Å². The normalized spacial score (nSPS) is 15.5. The van der Waals surface area contributed by atoms with Crippen molar-refractivity contribution in [2.24, 2.45) is 14.1 Å². The van der Waals surface area contributed by atoms with Gasteiger partial charge in [0.1, 0.15) is 6.54 Å². The Labute approximate surface area is 155 Å². The number of hydrogen-bond donors (Lipinski definition) is 1. The number of carbonyl (C=O) groups is 1. The number of benzene rings is 1. The smallest absolute Gasteiger partial charge is 0.332 e.